The number of hydrogen-bond donors (Lipinski definition) is 0. The molecule has 2 aromatic rings. The van der Waals surface area contributed by atoms with Crippen LogP contribution in [0.3, 0.4) is 0 Å². The molecule has 0 spiro atoms. The summed E-state index contributed by atoms with van der Waals surface area (Å²) in [7, 11) is -3.66. The molecule has 2 heterocycles. The second-order valence-corrected chi connectivity index (χ2v) is 9.38. The van der Waals surface area contributed by atoms with E-state index in [2.05, 4.69) is 6.92 Å². The number of aryl methyl sites for hydroxylation is 1. The van der Waals surface area contributed by atoms with Crippen LogP contribution in [0.4, 0.5) is 0 Å². The van der Waals surface area contributed by atoms with Crippen molar-refractivity contribution in [3.05, 3.63) is 47.5 Å². The maximum absolute atomic E-state index is 13.1. The first-order valence-electron chi connectivity index (χ1n) is 9.57. The minimum atomic E-state index is -3.66. The molecule has 0 bridgehead atoms. The standard InChI is InChI=1S/C21H23NO6S/c1-14-7-9-22(10-8-14)29(24,25)20-11-16(4-3-15(20)2)21(23)28-17-5-6-18-19(12-17)27-13-26-18/h3-6,11-12,14H,7-10,13H2,1-2H3. The number of piperidine rings is 1. The second kappa shape index (κ2) is 7.68. The Morgan fingerprint density at radius 1 is 1.07 bits per heavy atom. The number of fused-ring (bicyclic) bond motifs is 1. The highest BCUT2D eigenvalue weighted by Crippen LogP contribution is 2.35. The first kappa shape index (κ1) is 19.7. The Balaban J connectivity index is 1.57. The average Bonchev–Trinajstić information content (AvgIpc) is 3.16. The number of nitrogens with zero attached hydrogens (tertiary/aromatic N) is 1. The molecular formula is C21H23NO6S. The van der Waals surface area contributed by atoms with Gasteiger partial charge in [0.1, 0.15) is 5.75 Å². The van der Waals surface area contributed by atoms with Crippen LogP contribution < -0.4 is 14.2 Å². The van der Waals surface area contributed by atoms with Gasteiger partial charge in [0.05, 0.1) is 10.5 Å². The molecule has 0 N–H and O–H groups in total. The van der Waals surface area contributed by atoms with E-state index in [1.54, 1.807) is 37.3 Å². The van der Waals surface area contributed by atoms with Crippen molar-refractivity contribution in [2.75, 3.05) is 19.9 Å². The van der Waals surface area contributed by atoms with E-state index < -0.39 is 16.0 Å². The Labute approximate surface area is 170 Å². The molecule has 0 unspecified atom stereocenters. The lowest BCUT2D eigenvalue weighted by molar-refractivity contribution is 0.0734. The van der Waals surface area contributed by atoms with Crippen LogP contribution in [0.25, 0.3) is 0 Å². The fourth-order valence-electron chi connectivity index (χ4n) is 3.48. The van der Waals surface area contributed by atoms with Gasteiger partial charge in [0.25, 0.3) is 0 Å². The minimum absolute atomic E-state index is 0.126. The summed E-state index contributed by atoms with van der Waals surface area (Å²) in [5, 5.41) is 0. The number of carbonyl (C=O) groups excluding carboxylic acids is 1. The van der Waals surface area contributed by atoms with Crippen molar-refractivity contribution in [3.63, 3.8) is 0 Å². The van der Waals surface area contributed by atoms with Crippen molar-refractivity contribution in [1.29, 1.82) is 0 Å². The van der Waals surface area contributed by atoms with Crippen molar-refractivity contribution < 1.29 is 27.4 Å². The van der Waals surface area contributed by atoms with Gasteiger partial charge in [0.2, 0.25) is 16.8 Å². The molecular weight excluding hydrogens is 394 g/mol. The van der Waals surface area contributed by atoms with Gasteiger partial charge in [-0.05, 0) is 55.5 Å². The molecule has 0 aliphatic carbocycles. The number of ether oxygens (including phenoxy) is 3. The van der Waals surface area contributed by atoms with Gasteiger partial charge in [-0.15, -0.1) is 0 Å². The fourth-order valence-corrected chi connectivity index (χ4v) is 5.20. The van der Waals surface area contributed by atoms with Crippen LogP contribution in [-0.4, -0.2) is 38.6 Å². The maximum atomic E-state index is 13.1. The summed E-state index contributed by atoms with van der Waals surface area (Å²) in [5.41, 5.74) is 0.778. The van der Waals surface area contributed by atoms with Gasteiger partial charge in [0.15, 0.2) is 11.5 Å². The zero-order chi connectivity index (χ0) is 20.6. The van der Waals surface area contributed by atoms with E-state index in [9.17, 15) is 13.2 Å². The van der Waals surface area contributed by atoms with Gasteiger partial charge in [-0.1, -0.05) is 13.0 Å². The average molecular weight is 417 g/mol. The molecule has 0 atom stereocenters. The third-order valence-electron chi connectivity index (χ3n) is 5.34. The Bertz CT molecular complexity index is 1040. The minimum Gasteiger partial charge on any atom is -0.454 e. The summed E-state index contributed by atoms with van der Waals surface area (Å²) in [5.74, 6) is 1.28. The third-order valence-corrected chi connectivity index (χ3v) is 7.38. The molecule has 0 amide bonds. The van der Waals surface area contributed by atoms with Crippen molar-refractivity contribution in [2.24, 2.45) is 5.92 Å². The molecule has 2 aliphatic rings. The van der Waals surface area contributed by atoms with E-state index in [1.165, 1.54) is 10.4 Å². The van der Waals surface area contributed by atoms with Crippen molar-refractivity contribution >= 4 is 16.0 Å². The van der Waals surface area contributed by atoms with E-state index >= 15 is 0 Å². The Morgan fingerprint density at radius 2 is 1.79 bits per heavy atom. The van der Waals surface area contributed by atoms with Crippen LogP contribution in [0.2, 0.25) is 0 Å². The van der Waals surface area contributed by atoms with E-state index in [4.69, 9.17) is 14.2 Å². The molecule has 0 radical (unpaired) electrons. The summed E-state index contributed by atoms with van der Waals surface area (Å²) in [6.07, 6.45) is 1.67. The van der Waals surface area contributed by atoms with E-state index in [0.29, 0.717) is 41.8 Å². The summed E-state index contributed by atoms with van der Waals surface area (Å²) >= 11 is 0. The first-order chi connectivity index (χ1) is 13.8. The first-order valence-corrected chi connectivity index (χ1v) is 11.0. The van der Waals surface area contributed by atoms with Crippen molar-refractivity contribution in [3.8, 4) is 17.2 Å². The zero-order valence-electron chi connectivity index (χ0n) is 16.4. The smallest absolute Gasteiger partial charge is 0.343 e. The molecule has 1 saturated heterocycles. The topological polar surface area (TPSA) is 82.1 Å². The number of sulfonamides is 1. The van der Waals surface area contributed by atoms with Crippen LogP contribution in [0.5, 0.6) is 17.2 Å². The lowest BCUT2D eigenvalue weighted by Crippen LogP contribution is -2.38. The predicted octanol–water partition coefficient (Wildman–Crippen LogP) is 3.36. The van der Waals surface area contributed by atoms with Gasteiger partial charge in [-0.3, -0.25) is 0 Å². The molecule has 2 aliphatic heterocycles. The van der Waals surface area contributed by atoms with Gasteiger partial charge in [0, 0.05) is 19.2 Å². The number of hydrogen-bond acceptors (Lipinski definition) is 6. The molecule has 0 aromatic heterocycles. The lowest BCUT2D eigenvalue weighted by atomic mass is 10.0. The summed E-state index contributed by atoms with van der Waals surface area (Å²) < 4.78 is 43.7. The predicted molar refractivity (Wildman–Crippen MR) is 106 cm³/mol. The quantitative estimate of drug-likeness (QED) is 0.560. The highest BCUT2D eigenvalue weighted by Gasteiger charge is 2.30. The number of carbonyl (C=O) groups is 1. The van der Waals surface area contributed by atoms with Crippen LogP contribution in [0.15, 0.2) is 41.3 Å². The van der Waals surface area contributed by atoms with Crippen LogP contribution in [0, 0.1) is 12.8 Å². The van der Waals surface area contributed by atoms with Crippen LogP contribution in [-0.2, 0) is 10.0 Å². The molecule has 0 saturated carbocycles. The zero-order valence-corrected chi connectivity index (χ0v) is 17.2. The molecule has 7 nitrogen and oxygen atoms in total. The van der Waals surface area contributed by atoms with Gasteiger partial charge >= 0.3 is 5.97 Å². The number of rotatable bonds is 4. The van der Waals surface area contributed by atoms with E-state index in [1.807, 2.05) is 0 Å². The largest absolute Gasteiger partial charge is 0.454 e. The van der Waals surface area contributed by atoms with E-state index in [0.717, 1.165) is 12.8 Å². The molecule has 8 heteroatoms. The lowest BCUT2D eigenvalue weighted by Gasteiger charge is -2.30. The normalized spacial score (nSPS) is 17.3. The number of benzene rings is 2. The van der Waals surface area contributed by atoms with Gasteiger partial charge < -0.3 is 14.2 Å². The third kappa shape index (κ3) is 3.95. The van der Waals surface area contributed by atoms with Crippen LogP contribution >= 0.6 is 0 Å². The Kier molecular flexibility index (Phi) is 5.23. The number of esters is 1. The SMILES string of the molecule is Cc1ccc(C(=O)Oc2ccc3c(c2)OCO3)cc1S(=O)(=O)N1CCC(C)CC1. The highest BCUT2D eigenvalue weighted by molar-refractivity contribution is 7.89. The molecule has 4 rings (SSSR count). The fraction of sp³-hybridized carbons (Fsp3) is 0.381. The van der Waals surface area contributed by atoms with Gasteiger partial charge in [-0.2, -0.15) is 4.31 Å². The summed E-state index contributed by atoms with van der Waals surface area (Å²) in [6, 6.07) is 9.44. The van der Waals surface area contributed by atoms with Crippen LogP contribution in [0.1, 0.15) is 35.7 Å². The molecule has 2 aromatic carbocycles. The summed E-state index contributed by atoms with van der Waals surface area (Å²) in [4.78, 5) is 12.8. The van der Waals surface area contributed by atoms with Crippen molar-refractivity contribution in [2.45, 2.75) is 31.6 Å². The molecule has 29 heavy (non-hydrogen) atoms. The Morgan fingerprint density at radius 3 is 2.55 bits per heavy atom. The van der Waals surface area contributed by atoms with Gasteiger partial charge in [-0.25, -0.2) is 13.2 Å². The second-order valence-electron chi connectivity index (χ2n) is 7.47. The highest BCUT2D eigenvalue weighted by atomic mass is 32.2. The summed E-state index contributed by atoms with van der Waals surface area (Å²) in [6.45, 7) is 4.97. The molecule has 1 fully saturated rings. The monoisotopic (exact) mass is 417 g/mol. The maximum Gasteiger partial charge on any atom is 0.343 e. The molecule has 154 valence electrons. The van der Waals surface area contributed by atoms with E-state index in [-0.39, 0.29) is 17.3 Å². The Hall–Kier alpha value is -2.58. The van der Waals surface area contributed by atoms with Crippen molar-refractivity contribution in [1.82, 2.24) is 4.31 Å².